The molecule has 7 rings (SSSR count). The Morgan fingerprint density at radius 3 is 2.28 bits per heavy atom. The number of rotatable bonds is 4. The Bertz CT molecular complexity index is 2240. The van der Waals surface area contributed by atoms with Crippen molar-refractivity contribution >= 4 is 51.3 Å². The second kappa shape index (κ2) is 10.7. The zero-order valence-corrected chi connectivity index (χ0v) is 28.2. The van der Waals surface area contributed by atoms with Gasteiger partial charge in [-0.15, -0.1) is 17.5 Å². The van der Waals surface area contributed by atoms with Crippen molar-refractivity contribution in [2.45, 2.75) is 39.3 Å². The van der Waals surface area contributed by atoms with E-state index < -0.39 is 15.0 Å². The number of aromatic nitrogens is 4. The van der Waals surface area contributed by atoms with Crippen LogP contribution < -0.4 is 10.4 Å². The molecule has 0 N–H and O–H groups in total. The number of hydrogen-bond acceptors (Lipinski definition) is 1. The molecule has 3 heterocycles. The zero-order valence-electron chi connectivity index (χ0n) is 27.9. The van der Waals surface area contributed by atoms with E-state index in [4.69, 9.17) is 9.10 Å². The molecule has 0 bridgehead atoms. The normalized spacial score (nSPS) is 13.6. The Balaban J connectivity index is 0.00000372. The van der Waals surface area contributed by atoms with Gasteiger partial charge in [0.2, 0.25) is 0 Å². The second-order valence-electron chi connectivity index (χ2n) is 12.6. The molecule has 4 aromatic carbocycles. The van der Waals surface area contributed by atoms with E-state index >= 15 is 0 Å². The van der Waals surface area contributed by atoms with Crippen LogP contribution >= 0.6 is 0 Å². The van der Waals surface area contributed by atoms with E-state index in [1.165, 1.54) is 15.5 Å². The van der Waals surface area contributed by atoms with Gasteiger partial charge in [0, 0.05) is 61.7 Å². The van der Waals surface area contributed by atoms with E-state index in [1.807, 2.05) is 47.2 Å². The van der Waals surface area contributed by atoms with Gasteiger partial charge in [0.15, 0.2) is 17.4 Å². The number of benzene rings is 4. The number of fused-ring (bicyclic) bond motifs is 4. The smallest absolute Gasteiger partial charge is 0.188 e. The summed E-state index contributed by atoms with van der Waals surface area (Å²) >= 11 is 0. The molecule has 0 radical (unpaired) electrons. The van der Waals surface area contributed by atoms with Crippen LogP contribution in [0.15, 0.2) is 104 Å². The standard InChI is InChI=1S/C37H35N4Si.Pt/c1-37(2,3)26-20-21-38-36(22-26)41-32-15-8-7-14-30(32)31-19-18-29(24-35(31)41)42(5,6)28-13-11-12-27(23-28)40-25-39(4)33-16-9-10-17-34(33)40;/h7-22,25H,1-6H3;/q-1;/i4D3;. The Morgan fingerprint density at radius 2 is 1.51 bits per heavy atom. The molecular formula is C37H35N4PtSi-. The van der Waals surface area contributed by atoms with Crippen LogP contribution in [0.4, 0.5) is 0 Å². The minimum Gasteiger partial charge on any atom is -0.319 e. The van der Waals surface area contributed by atoms with Crippen molar-refractivity contribution in [3.63, 3.8) is 0 Å². The topological polar surface area (TPSA) is 27.7 Å². The SMILES string of the molecule is [2H]C([2H])([2H])n1[cH+]n(-c2[c-]c([Si](C)(C)c3[c-]c4c(cc3)c3ccccc3n4-c3cc(C(C)(C)C)ccn3)ccc2)c2ccccc21.[Pt]. The van der Waals surface area contributed by atoms with Crippen LogP contribution in [0.2, 0.25) is 13.1 Å². The maximum atomic E-state index is 8.08. The Morgan fingerprint density at radius 1 is 0.791 bits per heavy atom. The molecule has 0 aliphatic carbocycles. The molecule has 0 saturated heterocycles. The summed E-state index contributed by atoms with van der Waals surface area (Å²) in [7, 11) is -2.32. The minimum absolute atomic E-state index is 0. The van der Waals surface area contributed by atoms with Crippen LogP contribution in [-0.4, -0.2) is 26.8 Å². The number of hydrogen-bond donors (Lipinski definition) is 0. The predicted molar refractivity (Wildman–Crippen MR) is 178 cm³/mol. The Labute approximate surface area is 273 Å². The third kappa shape index (κ3) is 4.89. The summed E-state index contributed by atoms with van der Waals surface area (Å²) in [4.78, 5) is 4.84. The van der Waals surface area contributed by atoms with Gasteiger partial charge in [-0.1, -0.05) is 57.6 Å². The van der Waals surface area contributed by atoms with Crippen molar-refractivity contribution in [1.82, 2.24) is 18.7 Å². The molecule has 0 fully saturated rings. The maximum Gasteiger partial charge on any atom is 0.188 e. The van der Waals surface area contributed by atoms with E-state index in [1.54, 1.807) is 6.33 Å². The van der Waals surface area contributed by atoms with E-state index in [2.05, 4.69) is 105 Å². The van der Waals surface area contributed by atoms with Crippen LogP contribution in [0.25, 0.3) is 44.3 Å². The van der Waals surface area contributed by atoms with Crippen LogP contribution in [0.1, 0.15) is 30.4 Å². The summed E-state index contributed by atoms with van der Waals surface area (Å²) in [6.45, 7) is 9.02. The largest absolute Gasteiger partial charge is 0.319 e. The van der Waals surface area contributed by atoms with Gasteiger partial charge in [0.05, 0.1) is 8.07 Å². The number of nitrogens with zero attached hydrogens (tertiary/aromatic N) is 4. The van der Waals surface area contributed by atoms with Crippen LogP contribution in [-0.2, 0) is 33.5 Å². The number of pyridine rings is 1. The summed E-state index contributed by atoms with van der Waals surface area (Å²) in [6.07, 6.45) is 3.57. The molecule has 43 heavy (non-hydrogen) atoms. The maximum absolute atomic E-state index is 8.08. The zero-order chi connectivity index (χ0) is 31.7. The first-order valence-corrected chi connectivity index (χ1v) is 17.3. The van der Waals surface area contributed by atoms with Crippen molar-refractivity contribution in [2.75, 3.05) is 0 Å². The van der Waals surface area contributed by atoms with Crippen molar-refractivity contribution in [1.29, 1.82) is 0 Å². The monoisotopic (exact) mass is 761 g/mol. The summed E-state index contributed by atoms with van der Waals surface area (Å²) in [5.41, 5.74) is 5.63. The predicted octanol–water partition coefficient (Wildman–Crippen LogP) is 7.46. The number of para-hydroxylation sites is 3. The van der Waals surface area contributed by atoms with Gasteiger partial charge in [-0.2, -0.15) is 40.7 Å². The molecule has 0 spiro atoms. The molecule has 218 valence electrons. The molecule has 0 unspecified atom stereocenters. The fourth-order valence-corrected chi connectivity index (χ4v) is 8.09. The molecule has 0 atom stereocenters. The molecule has 0 aliphatic rings. The van der Waals surface area contributed by atoms with Gasteiger partial charge in [-0.3, -0.25) is 0 Å². The molecule has 4 nitrogen and oxygen atoms in total. The second-order valence-corrected chi connectivity index (χ2v) is 16.9. The van der Waals surface area contributed by atoms with E-state index in [0.29, 0.717) is 5.52 Å². The summed E-state index contributed by atoms with van der Waals surface area (Å²) in [5.74, 6) is 0.886. The van der Waals surface area contributed by atoms with E-state index in [0.717, 1.165) is 43.8 Å². The summed E-state index contributed by atoms with van der Waals surface area (Å²) in [6, 6.07) is 38.5. The summed E-state index contributed by atoms with van der Waals surface area (Å²) < 4.78 is 29.8. The average molecular weight is 762 g/mol. The Hall–Kier alpha value is -3.79. The molecular weight excluding hydrogens is 724 g/mol. The van der Waals surface area contributed by atoms with Crippen molar-refractivity contribution in [2.24, 2.45) is 6.98 Å². The van der Waals surface area contributed by atoms with E-state index in [-0.39, 0.29) is 26.5 Å². The average Bonchev–Trinajstić information content (AvgIpc) is 3.57. The Kier molecular flexibility index (Phi) is 6.41. The minimum atomic E-state index is -2.32. The first kappa shape index (κ1) is 25.7. The third-order valence-electron chi connectivity index (χ3n) is 8.44. The molecule has 7 aromatic rings. The van der Waals surface area contributed by atoms with Gasteiger partial charge in [0.1, 0.15) is 5.82 Å². The van der Waals surface area contributed by atoms with E-state index in [9.17, 15) is 0 Å². The summed E-state index contributed by atoms with van der Waals surface area (Å²) in [5, 5.41) is 4.60. The van der Waals surface area contributed by atoms with Crippen molar-refractivity contribution in [3.8, 4) is 11.5 Å². The van der Waals surface area contributed by atoms with Gasteiger partial charge < -0.3 is 4.57 Å². The molecule has 0 saturated carbocycles. The van der Waals surface area contributed by atoms with Gasteiger partial charge in [-0.25, -0.2) is 14.1 Å². The molecule has 3 aromatic heterocycles. The van der Waals surface area contributed by atoms with Crippen molar-refractivity contribution in [3.05, 3.63) is 121 Å². The van der Waals surface area contributed by atoms with Gasteiger partial charge in [0.25, 0.3) is 0 Å². The van der Waals surface area contributed by atoms with Crippen LogP contribution in [0, 0.1) is 12.1 Å². The molecule has 0 aliphatic heterocycles. The third-order valence-corrected chi connectivity index (χ3v) is 11.7. The van der Waals surface area contributed by atoms with Gasteiger partial charge in [-0.05, 0) is 46.7 Å². The van der Waals surface area contributed by atoms with Crippen LogP contribution in [0.5, 0.6) is 0 Å². The van der Waals surface area contributed by atoms with Gasteiger partial charge >= 0.3 is 0 Å². The quantitative estimate of drug-likeness (QED) is 0.135. The molecule has 6 heteroatoms. The first-order chi connectivity index (χ1) is 21.3. The first-order valence-electron chi connectivity index (χ1n) is 15.8. The number of aryl methyl sites for hydroxylation is 1. The number of imidazole rings is 1. The van der Waals surface area contributed by atoms with Crippen molar-refractivity contribution < 1.29 is 25.2 Å². The molecule has 0 amide bonds. The fraction of sp³-hybridized carbons (Fsp3) is 0.189. The fourth-order valence-electron chi connectivity index (χ4n) is 5.91. The van der Waals surface area contributed by atoms with Crippen LogP contribution in [0.3, 0.4) is 0 Å².